The number of anilines is 1. The maximum Gasteiger partial charge on any atom is 0.433 e. The number of alkyl halides is 3. The van der Waals surface area contributed by atoms with Crippen LogP contribution in [0.4, 0.5) is 27.6 Å². The second kappa shape index (κ2) is 10.9. The number of nitrogens with zero attached hydrogens (tertiary/aromatic N) is 1. The highest BCUT2D eigenvalue weighted by molar-refractivity contribution is 7.92. The van der Waals surface area contributed by atoms with Crippen LogP contribution in [0.1, 0.15) is 55.2 Å². The first-order valence-corrected chi connectivity index (χ1v) is 12.1. The molecule has 1 heterocycles. The number of carbonyl (C=O) groups excluding carboxylic acids is 1. The summed E-state index contributed by atoms with van der Waals surface area (Å²) >= 11 is 0. The molecule has 1 aromatic carbocycles. The number of aromatic nitrogens is 1. The van der Waals surface area contributed by atoms with Gasteiger partial charge in [-0.25, -0.2) is 22.2 Å². The molecule has 0 bridgehead atoms. The standard InChI is InChI=1S/C22H24F5N3O3S/c1-4-5-6-18-14(7-9-19(29-18)22(25,26)27)8-10-20(31)28-13(2)15-11-16(23)21(17(24)12-15)30-34(3,32)33/h7-13,30H,4-6H2,1-3H3,(H,28,31)/b10-8+. The van der Waals surface area contributed by atoms with Crippen molar-refractivity contribution in [2.75, 3.05) is 11.0 Å². The molecule has 1 amide bonds. The second-order valence-electron chi connectivity index (χ2n) is 7.63. The molecule has 0 aliphatic heterocycles. The quantitative estimate of drug-likeness (QED) is 0.372. The molecule has 1 atom stereocenters. The molecule has 2 N–H and O–H groups in total. The van der Waals surface area contributed by atoms with Crippen molar-refractivity contribution in [3.05, 3.63) is 64.5 Å². The highest BCUT2D eigenvalue weighted by Gasteiger charge is 2.32. The SMILES string of the molecule is CCCCc1nc(C(F)(F)F)ccc1/C=C/C(=O)NC(C)c1cc(F)c(NS(C)(=O)=O)c(F)c1. The van der Waals surface area contributed by atoms with Gasteiger partial charge in [0.25, 0.3) is 0 Å². The van der Waals surface area contributed by atoms with Crippen LogP contribution in [-0.2, 0) is 27.4 Å². The van der Waals surface area contributed by atoms with Gasteiger partial charge in [-0.1, -0.05) is 19.4 Å². The number of sulfonamides is 1. The number of carbonyl (C=O) groups is 1. The zero-order chi connectivity index (χ0) is 25.7. The van der Waals surface area contributed by atoms with Gasteiger partial charge in [-0.05, 0) is 55.2 Å². The van der Waals surface area contributed by atoms with Gasteiger partial charge in [-0.15, -0.1) is 0 Å². The number of hydrogen-bond donors (Lipinski definition) is 2. The summed E-state index contributed by atoms with van der Waals surface area (Å²) in [6.07, 6.45) is 0.208. The lowest BCUT2D eigenvalue weighted by molar-refractivity contribution is -0.141. The van der Waals surface area contributed by atoms with Crippen molar-refractivity contribution in [1.82, 2.24) is 10.3 Å². The molecule has 0 spiro atoms. The minimum Gasteiger partial charge on any atom is -0.346 e. The number of rotatable bonds is 9. The minimum absolute atomic E-state index is 0.0376. The number of halogens is 5. The van der Waals surface area contributed by atoms with Gasteiger partial charge in [0.1, 0.15) is 11.4 Å². The molecule has 0 fully saturated rings. The third-order valence-electron chi connectivity index (χ3n) is 4.69. The number of aryl methyl sites for hydroxylation is 1. The van der Waals surface area contributed by atoms with E-state index >= 15 is 0 Å². The van der Waals surface area contributed by atoms with Gasteiger partial charge < -0.3 is 5.32 Å². The smallest absolute Gasteiger partial charge is 0.346 e. The second-order valence-corrected chi connectivity index (χ2v) is 9.38. The fraction of sp³-hybridized carbons (Fsp3) is 0.364. The summed E-state index contributed by atoms with van der Waals surface area (Å²) in [5.74, 6) is -2.98. The number of hydrogen-bond acceptors (Lipinski definition) is 4. The maximum absolute atomic E-state index is 14.2. The Morgan fingerprint density at radius 2 is 1.79 bits per heavy atom. The van der Waals surface area contributed by atoms with Gasteiger partial charge >= 0.3 is 6.18 Å². The lowest BCUT2D eigenvalue weighted by Gasteiger charge is -2.15. The molecular formula is C22H24F5N3O3S. The summed E-state index contributed by atoms with van der Waals surface area (Å²) in [7, 11) is -3.90. The van der Waals surface area contributed by atoms with E-state index < -0.39 is 51.2 Å². The number of benzene rings is 1. The van der Waals surface area contributed by atoms with Gasteiger partial charge in [0.15, 0.2) is 11.6 Å². The first-order chi connectivity index (χ1) is 15.7. The summed E-state index contributed by atoms with van der Waals surface area (Å²) in [4.78, 5) is 16.0. The molecule has 34 heavy (non-hydrogen) atoms. The van der Waals surface area contributed by atoms with E-state index in [1.165, 1.54) is 19.1 Å². The van der Waals surface area contributed by atoms with Crippen molar-refractivity contribution >= 4 is 27.7 Å². The Hall–Kier alpha value is -3.02. The monoisotopic (exact) mass is 505 g/mol. The Morgan fingerprint density at radius 3 is 2.32 bits per heavy atom. The third kappa shape index (κ3) is 7.79. The molecule has 2 rings (SSSR count). The fourth-order valence-electron chi connectivity index (χ4n) is 3.00. The highest BCUT2D eigenvalue weighted by atomic mass is 32.2. The van der Waals surface area contributed by atoms with Gasteiger partial charge in [0.05, 0.1) is 12.3 Å². The summed E-state index contributed by atoms with van der Waals surface area (Å²) in [5, 5.41) is 2.49. The molecule has 0 aliphatic rings. The molecule has 0 radical (unpaired) electrons. The van der Waals surface area contributed by atoms with Crippen LogP contribution in [0, 0.1) is 11.6 Å². The van der Waals surface area contributed by atoms with Crippen LogP contribution >= 0.6 is 0 Å². The van der Waals surface area contributed by atoms with Crippen molar-refractivity contribution in [2.45, 2.75) is 45.3 Å². The van der Waals surface area contributed by atoms with Crippen LogP contribution in [0.3, 0.4) is 0 Å². The summed E-state index contributed by atoms with van der Waals surface area (Å²) in [6, 6.07) is 2.96. The van der Waals surface area contributed by atoms with Crippen LogP contribution < -0.4 is 10.0 Å². The van der Waals surface area contributed by atoms with E-state index in [1.807, 2.05) is 6.92 Å². The van der Waals surface area contributed by atoms with Crippen LogP contribution in [-0.4, -0.2) is 25.6 Å². The minimum atomic E-state index is -4.59. The molecule has 0 aliphatic carbocycles. The first-order valence-electron chi connectivity index (χ1n) is 10.2. The van der Waals surface area contributed by atoms with E-state index in [0.29, 0.717) is 18.4 Å². The van der Waals surface area contributed by atoms with Crippen LogP contribution in [0.25, 0.3) is 6.08 Å². The Labute approximate surface area is 194 Å². The van der Waals surface area contributed by atoms with Crippen molar-refractivity contribution in [2.24, 2.45) is 0 Å². The van der Waals surface area contributed by atoms with Gasteiger partial charge in [0.2, 0.25) is 15.9 Å². The summed E-state index contributed by atoms with van der Waals surface area (Å²) < 4.78 is 91.5. The highest BCUT2D eigenvalue weighted by Crippen LogP contribution is 2.29. The van der Waals surface area contributed by atoms with Crippen molar-refractivity contribution < 1.29 is 35.2 Å². The van der Waals surface area contributed by atoms with E-state index in [-0.39, 0.29) is 11.3 Å². The zero-order valence-electron chi connectivity index (χ0n) is 18.6. The predicted octanol–water partition coefficient (Wildman–Crippen LogP) is 4.98. The Bertz CT molecular complexity index is 1160. The Kier molecular flexibility index (Phi) is 8.76. The average molecular weight is 506 g/mol. The van der Waals surface area contributed by atoms with E-state index in [2.05, 4.69) is 10.3 Å². The van der Waals surface area contributed by atoms with E-state index in [1.54, 1.807) is 4.72 Å². The third-order valence-corrected chi connectivity index (χ3v) is 5.27. The molecule has 1 unspecified atom stereocenters. The first kappa shape index (κ1) is 27.2. The molecule has 0 saturated heterocycles. The van der Waals surface area contributed by atoms with Crippen molar-refractivity contribution in [3.63, 3.8) is 0 Å². The van der Waals surface area contributed by atoms with Crippen molar-refractivity contribution in [1.29, 1.82) is 0 Å². The van der Waals surface area contributed by atoms with Gasteiger partial charge in [-0.3, -0.25) is 9.52 Å². The van der Waals surface area contributed by atoms with E-state index in [9.17, 15) is 35.2 Å². The number of nitrogens with one attached hydrogen (secondary N) is 2. The maximum atomic E-state index is 14.2. The van der Waals surface area contributed by atoms with E-state index in [0.717, 1.165) is 37.0 Å². The zero-order valence-corrected chi connectivity index (χ0v) is 19.4. The number of unbranched alkanes of at least 4 members (excludes halogenated alkanes) is 1. The predicted molar refractivity (Wildman–Crippen MR) is 118 cm³/mol. The molecule has 1 aromatic heterocycles. The Balaban J connectivity index is 2.18. The molecule has 186 valence electrons. The lowest BCUT2D eigenvalue weighted by atomic mass is 10.1. The molecule has 12 heteroatoms. The largest absolute Gasteiger partial charge is 0.433 e. The topological polar surface area (TPSA) is 88.2 Å². The summed E-state index contributed by atoms with van der Waals surface area (Å²) in [5.41, 5.74) is -1.27. The van der Waals surface area contributed by atoms with Gasteiger partial charge in [0, 0.05) is 11.8 Å². The Morgan fingerprint density at radius 1 is 1.18 bits per heavy atom. The van der Waals surface area contributed by atoms with Gasteiger partial charge in [-0.2, -0.15) is 13.2 Å². The molecule has 2 aromatic rings. The number of pyridine rings is 1. The molecule has 6 nitrogen and oxygen atoms in total. The van der Waals surface area contributed by atoms with Crippen molar-refractivity contribution in [3.8, 4) is 0 Å². The van der Waals surface area contributed by atoms with E-state index in [4.69, 9.17) is 0 Å². The summed E-state index contributed by atoms with van der Waals surface area (Å²) in [6.45, 7) is 3.34. The van der Waals surface area contributed by atoms with Crippen LogP contribution in [0.2, 0.25) is 0 Å². The van der Waals surface area contributed by atoms with Crippen LogP contribution in [0.5, 0.6) is 0 Å². The van der Waals surface area contributed by atoms with Crippen LogP contribution in [0.15, 0.2) is 30.3 Å². The number of amides is 1. The normalized spacial score (nSPS) is 13.2. The lowest BCUT2D eigenvalue weighted by Crippen LogP contribution is -2.25. The molecular weight excluding hydrogens is 481 g/mol. The average Bonchev–Trinajstić information content (AvgIpc) is 2.72. The molecule has 0 saturated carbocycles. The fourth-order valence-corrected chi connectivity index (χ4v) is 3.57.